The quantitative estimate of drug-likeness (QED) is 0.572. The molecule has 2 amide bonds. The van der Waals surface area contributed by atoms with E-state index in [-0.39, 0.29) is 24.4 Å². The van der Waals surface area contributed by atoms with Gasteiger partial charge in [-0.25, -0.2) is 0 Å². The van der Waals surface area contributed by atoms with Gasteiger partial charge in [-0.2, -0.15) is 0 Å². The van der Waals surface area contributed by atoms with E-state index in [1.165, 1.54) is 0 Å². The molecule has 0 aromatic carbocycles. The number of hydrogen-bond donors (Lipinski definition) is 2. The van der Waals surface area contributed by atoms with Gasteiger partial charge in [0.2, 0.25) is 11.8 Å². The van der Waals surface area contributed by atoms with Gasteiger partial charge in [0.15, 0.2) is 0 Å². The summed E-state index contributed by atoms with van der Waals surface area (Å²) in [5.41, 5.74) is 4.98. The van der Waals surface area contributed by atoms with Crippen molar-refractivity contribution in [1.82, 2.24) is 10.2 Å². The number of hydrogen-bond acceptors (Lipinski definition) is 3. The molecule has 1 atom stereocenters. The van der Waals surface area contributed by atoms with Crippen LogP contribution in [0, 0.1) is 0 Å². The van der Waals surface area contributed by atoms with Crippen molar-refractivity contribution >= 4 is 11.8 Å². The van der Waals surface area contributed by atoms with E-state index in [2.05, 4.69) is 5.32 Å². The van der Waals surface area contributed by atoms with Crippen LogP contribution in [0.5, 0.6) is 0 Å². The highest BCUT2D eigenvalue weighted by Crippen LogP contribution is 2.08. The third-order valence-corrected chi connectivity index (χ3v) is 2.20. The van der Waals surface area contributed by atoms with Gasteiger partial charge >= 0.3 is 0 Å². The molecule has 1 rings (SSSR count). The maximum Gasteiger partial charge on any atom is 0.231 e. The third-order valence-electron chi connectivity index (χ3n) is 2.20. The van der Waals surface area contributed by atoms with Crippen molar-refractivity contribution in [3.8, 4) is 0 Å². The van der Waals surface area contributed by atoms with Gasteiger partial charge in [-0.05, 0) is 6.42 Å². The van der Waals surface area contributed by atoms with Gasteiger partial charge in [0, 0.05) is 26.1 Å². The molecular weight excluding hydrogens is 170 g/mol. The molecule has 0 saturated carbocycles. The van der Waals surface area contributed by atoms with E-state index < -0.39 is 0 Å². The van der Waals surface area contributed by atoms with Crippen molar-refractivity contribution in [2.24, 2.45) is 5.73 Å². The number of carbonyl (C=O) groups is 2. The van der Waals surface area contributed by atoms with Crippen LogP contribution in [0.2, 0.25) is 0 Å². The summed E-state index contributed by atoms with van der Waals surface area (Å²) in [7, 11) is 0. The lowest BCUT2D eigenvalue weighted by atomic mass is 10.2. The van der Waals surface area contributed by atoms with Crippen LogP contribution in [-0.4, -0.2) is 42.4 Å². The first-order valence-electron chi connectivity index (χ1n) is 4.37. The lowest BCUT2D eigenvalue weighted by molar-refractivity contribution is -0.127. The number of nitrogens with one attached hydrogen (secondary N) is 1. The maximum atomic E-state index is 10.9. The average molecular weight is 185 g/mol. The SMILES string of the molecule is CC(=O)N1CCC(NCC(N)=O)C1. The summed E-state index contributed by atoms with van der Waals surface area (Å²) < 4.78 is 0. The van der Waals surface area contributed by atoms with E-state index in [4.69, 9.17) is 5.73 Å². The molecule has 1 heterocycles. The summed E-state index contributed by atoms with van der Waals surface area (Å²) in [6.45, 7) is 3.20. The predicted octanol–water partition coefficient (Wildman–Crippen LogP) is -1.32. The number of nitrogens with two attached hydrogens (primary N) is 1. The molecular formula is C8H15N3O2. The van der Waals surface area contributed by atoms with E-state index in [0.29, 0.717) is 6.54 Å². The van der Waals surface area contributed by atoms with Crippen molar-refractivity contribution in [2.75, 3.05) is 19.6 Å². The largest absolute Gasteiger partial charge is 0.369 e. The minimum Gasteiger partial charge on any atom is -0.369 e. The van der Waals surface area contributed by atoms with Crippen molar-refractivity contribution < 1.29 is 9.59 Å². The van der Waals surface area contributed by atoms with Gasteiger partial charge in [0.25, 0.3) is 0 Å². The van der Waals surface area contributed by atoms with Crippen LogP contribution >= 0.6 is 0 Å². The highest BCUT2D eigenvalue weighted by atomic mass is 16.2. The first kappa shape index (κ1) is 9.98. The molecule has 13 heavy (non-hydrogen) atoms. The molecule has 1 aliphatic rings. The molecule has 5 nitrogen and oxygen atoms in total. The smallest absolute Gasteiger partial charge is 0.231 e. The second-order valence-corrected chi connectivity index (χ2v) is 3.30. The van der Waals surface area contributed by atoms with Crippen molar-refractivity contribution in [3.05, 3.63) is 0 Å². The van der Waals surface area contributed by atoms with Crippen LogP contribution in [-0.2, 0) is 9.59 Å². The Morgan fingerprint density at radius 1 is 1.62 bits per heavy atom. The number of carbonyl (C=O) groups excluding carboxylic acids is 2. The molecule has 1 aliphatic heterocycles. The highest BCUT2D eigenvalue weighted by Gasteiger charge is 2.23. The second-order valence-electron chi connectivity index (χ2n) is 3.30. The second kappa shape index (κ2) is 4.23. The van der Waals surface area contributed by atoms with E-state index in [9.17, 15) is 9.59 Å². The molecule has 74 valence electrons. The topological polar surface area (TPSA) is 75.4 Å². The summed E-state index contributed by atoms with van der Waals surface area (Å²) in [4.78, 5) is 23.1. The summed E-state index contributed by atoms with van der Waals surface area (Å²) >= 11 is 0. The van der Waals surface area contributed by atoms with Crippen molar-refractivity contribution in [1.29, 1.82) is 0 Å². The predicted molar refractivity (Wildman–Crippen MR) is 47.9 cm³/mol. The molecule has 1 unspecified atom stereocenters. The van der Waals surface area contributed by atoms with Crippen LogP contribution in [0.1, 0.15) is 13.3 Å². The number of amides is 2. The normalized spacial score (nSPS) is 21.9. The Labute approximate surface area is 77.3 Å². The first-order valence-corrected chi connectivity index (χ1v) is 4.37. The molecule has 0 radical (unpaired) electrons. The van der Waals surface area contributed by atoms with Gasteiger partial charge in [-0.3, -0.25) is 9.59 Å². The maximum absolute atomic E-state index is 10.9. The van der Waals surface area contributed by atoms with Gasteiger partial charge < -0.3 is 16.0 Å². The van der Waals surface area contributed by atoms with Gasteiger partial charge in [-0.1, -0.05) is 0 Å². The number of nitrogens with zero attached hydrogens (tertiary/aromatic N) is 1. The Hall–Kier alpha value is -1.10. The zero-order valence-corrected chi connectivity index (χ0v) is 7.75. The Bertz CT molecular complexity index is 217. The van der Waals surface area contributed by atoms with Crippen LogP contribution < -0.4 is 11.1 Å². The molecule has 0 aromatic rings. The van der Waals surface area contributed by atoms with Crippen LogP contribution in [0.3, 0.4) is 0 Å². The van der Waals surface area contributed by atoms with Crippen LogP contribution in [0.15, 0.2) is 0 Å². The van der Waals surface area contributed by atoms with Crippen LogP contribution in [0.4, 0.5) is 0 Å². The fourth-order valence-electron chi connectivity index (χ4n) is 1.46. The van der Waals surface area contributed by atoms with Crippen molar-refractivity contribution in [3.63, 3.8) is 0 Å². The third kappa shape index (κ3) is 3.02. The van der Waals surface area contributed by atoms with E-state index in [0.717, 1.165) is 13.0 Å². The van der Waals surface area contributed by atoms with Crippen molar-refractivity contribution in [2.45, 2.75) is 19.4 Å². The fourth-order valence-corrected chi connectivity index (χ4v) is 1.46. The molecule has 5 heteroatoms. The first-order chi connectivity index (χ1) is 6.09. The zero-order chi connectivity index (χ0) is 9.84. The summed E-state index contributed by atoms with van der Waals surface area (Å²) in [5.74, 6) is -0.273. The minimum absolute atomic E-state index is 0.0865. The monoisotopic (exact) mass is 185 g/mol. The standard InChI is InChI=1S/C8H15N3O2/c1-6(12)11-3-2-7(5-11)10-4-8(9)13/h7,10H,2-5H2,1H3,(H2,9,13). The molecule has 1 fully saturated rings. The molecule has 0 aromatic heterocycles. The molecule has 1 saturated heterocycles. The van der Waals surface area contributed by atoms with Gasteiger partial charge in [0.05, 0.1) is 6.54 Å². The summed E-state index contributed by atoms with van der Waals surface area (Å²) in [5, 5.41) is 3.00. The lowest BCUT2D eigenvalue weighted by Gasteiger charge is -2.14. The Morgan fingerprint density at radius 3 is 2.77 bits per heavy atom. The highest BCUT2D eigenvalue weighted by molar-refractivity contribution is 5.76. The Balaban J connectivity index is 2.25. The summed E-state index contributed by atoms with van der Waals surface area (Å²) in [6.07, 6.45) is 0.896. The zero-order valence-electron chi connectivity index (χ0n) is 7.75. The lowest BCUT2D eigenvalue weighted by Crippen LogP contribution is -2.39. The fraction of sp³-hybridized carbons (Fsp3) is 0.750. The number of primary amides is 1. The van der Waals surface area contributed by atoms with E-state index in [1.54, 1.807) is 11.8 Å². The minimum atomic E-state index is -0.360. The average Bonchev–Trinajstić information content (AvgIpc) is 2.48. The summed E-state index contributed by atoms with van der Waals surface area (Å²) in [6, 6.07) is 0.219. The van der Waals surface area contributed by atoms with E-state index in [1.807, 2.05) is 0 Å². The molecule has 0 bridgehead atoms. The van der Waals surface area contributed by atoms with Gasteiger partial charge in [-0.15, -0.1) is 0 Å². The number of likely N-dealkylation sites (tertiary alicyclic amines) is 1. The molecule has 3 N–H and O–H groups in total. The van der Waals surface area contributed by atoms with Gasteiger partial charge in [0.1, 0.15) is 0 Å². The molecule has 0 spiro atoms. The van der Waals surface area contributed by atoms with E-state index >= 15 is 0 Å². The molecule has 0 aliphatic carbocycles. The Kier molecular flexibility index (Phi) is 3.25. The van der Waals surface area contributed by atoms with Crippen LogP contribution in [0.25, 0.3) is 0 Å². The number of rotatable bonds is 3. The Morgan fingerprint density at radius 2 is 2.31 bits per heavy atom.